The van der Waals surface area contributed by atoms with Crippen molar-refractivity contribution in [2.75, 3.05) is 0 Å². The number of carboxylic acids is 1. The third-order valence-corrected chi connectivity index (χ3v) is 1.96. The van der Waals surface area contributed by atoms with E-state index in [1.165, 1.54) is 0 Å². The van der Waals surface area contributed by atoms with Crippen LogP contribution in [0, 0.1) is 0 Å². The van der Waals surface area contributed by atoms with Gasteiger partial charge in [-0.1, -0.05) is 12.1 Å². The van der Waals surface area contributed by atoms with Crippen LogP contribution in [-0.2, 0) is 11.2 Å². The van der Waals surface area contributed by atoms with Gasteiger partial charge in [-0.3, -0.25) is 4.79 Å². The quantitative estimate of drug-likeness (QED) is 0.691. The maximum Gasteiger partial charge on any atom is 0.320 e. The molecule has 0 bridgehead atoms. The minimum atomic E-state index is -0.982. The molecule has 0 radical (unpaired) electrons. The van der Waals surface area contributed by atoms with Crippen LogP contribution in [0.2, 0.25) is 0 Å². The Morgan fingerprint density at radius 1 is 1.57 bits per heavy atom. The molecule has 0 saturated carbocycles. The van der Waals surface area contributed by atoms with E-state index < -0.39 is 12.0 Å². The Hall–Kier alpha value is -0.710. The van der Waals surface area contributed by atoms with Crippen LogP contribution in [0.15, 0.2) is 29.2 Å². The van der Waals surface area contributed by atoms with Gasteiger partial charge in [-0.05, 0) is 24.1 Å². The molecule has 14 heavy (non-hydrogen) atoms. The number of hydrogen-bond donors (Lipinski definition) is 3. The lowest BCUT2D eigenvalue weighted by Gasteiger charge is -2.06. The maximum atomic E-state index is 10.4. The van der Waals surface area contributed by atoms with Gasteiger partial charge in [0.15, 0.2) is 0 Å². The fourth-order valence-electron chi connectivity index (χ4n) is 1.02. The summed E-state index contributed by atoms with van der Waals surface area (Å²) < 4.78 is 0. The number of halogens is 1. The van der Waals surface area contributed by atoms with Crippen molar-refractivity contribution in [1.82, 2.24) is 0 Å². The number of rotatable bonds is 3. The van der Waals surface area contributed by atoms with Gasteiger partial charge >= 0.3 is 5.97 Å². The van der Waals surface area contributed by atoms with Crippen LogP contribution in [0.5, 0.6) is 0 Å². The van der Waals surface area contributed by atoms with Gasteiger partial charge < -0.3 is 10.8 Å². The highest BCUT2D eigenvalue weighted by molar-refractivity contribution is 7.80. The zero-order chi connectivity index (χ0) is 9.84. The molecule has 5 heteroatoms. The van der Waals surface area contributed by atoms with E-state index in [0.717, 1.165) is 10.5 Å². The first kappa shape index (κ1) is 13.3. The summed E-state index contributed by atoms with van der Waals surface area (Å²) in [6.07, 6.45) is 0.337. The van der Waals surface area contributed by atoms with Crippen molar-refractivity contribution in [1.29, 1.82) is 0 Å². The van der Waals surface area contributed by atoms with E-state index in [1.54, 1.807) is 0 Å². The van der Waals surface area contributed by atoms with E-state index in [9.17, 15) is 4.79 Å². The molecule has 1 unspecified atom stereocenters. The minimum Gasteiger partial charge on any atom is -0.480 e. The molecule has 0 aliphatic rings. The Morgan fingerprint density at radius 3 is 2.71 bits per heavy atom. The first-order valence-corrected chi connectivity index (χ1v) is 4.30. The summed E-state index contributed by atoms with van der Waals surface area (Å²) in [6, 6.07) is 6.47. The van der Waals surface area contributed by atoms with E-state index in [4.69, 9.17) is 10.8 Å². The summed E-state index contributed by atoms with van der Waals surface area (Å²) in [4.78, 5) is 11.3. The van der Waals surface area contributed by atoms with Gasteiger partial charge in [0.25, 0.3) is 0 Å². The molecule has 78 valence electrons. The topological polar surface area (TPSA) is 63.3 Å². The average molecular weight is 234 g/mol. The second-order valence-electron chi connectivity index (χ2n) is 2.82. The van der Waals surface area contributed by atoms with Crippen molar-refractivity contribution in [2.45, 2.75) is 17.4 Å². The summed E-state index contributed by atoms with van der Waals surface area (Å²) >= 11 is 4.14. The highest BCUT2D eigenvalue weighted by Crippen LogP contribution is 2.10. The van der Waals surface area contributed by atoms with Gasteiger partial charge in [-0.15, -0.1) is 25.0 Å². The molecule has 0 fully saturated rings. The Bertz CT molecular complexity index is 319. The van der Waals surface area contributed by atoms with Crippen LogP contribution in [0.4, 0.5) is 0 Å². The molecule has 3 N–H and O–H groups in total. The van der Waals surface area contributed by atoms with Crippen molar-refractivity contribution in [3.63, 3.8) is 0 Å². The van der Waals surface area contributed by atoms with Crippen LogP contribution in [0.25, 0.3) is 0 Å². The molecular formula is C9H12ClNO2S. The first-order chi connectivity index (χ1) is 6.09. The average Bonchev–Trinajstić information content (AvgIpc) is 2.04. The number of thiol groups is 1. The standard InChI is InChI=1S/C9H11NO2S.ClH/c10-8(9(11)12)5-6-2-1-3-7(13)4-6;/h1-4,8,13H,5,10H2,(H,11,12);1H. The van der Waals surface area contributed by atoms with Crippen LogP contribution in [0.1, 0.15) is 5.56 Å². The smallest absolute Gasteiger partial charge is 0.320 e. The molecular weight excluding hydrogens is 222 g/mol. The number of carboxylic acid groups (broad SMARTS) is 1. The second-order valence-corrected chi connectivity index (χ2v) is 3.34. The van der Waals surface area contributed by atoms with Crippen LogP contribution >= 0.6 is 25.0 Å². The van der Waals surface area contributed by atoms with Gasteiger partial charge in [0.1, 0.15) is 6.04 Å². The van der Waals surface area contributed by atoms with Crippen molar-refractivity contribution in [3.05, 3.63) is 29.8 Å². The maximum absolute atomic E-state index is 10.4. The Labute approximate surface area is 94.1 Å². The molecule has 1 aromatic carbocycles. The highest BCUT2D eigenvalue weighted by Gasteiger charge is 2.11. The molecule has 0 aromatic heterocycles. The number of nitrogens with two attached hydrogens (primary N) is 1. The molecule has 0 saturated heterocycles. The third kappa shape index (κ3) is 4.00. The number of aliphatic carboxylic acids is 1. The minimum absolute atomic E-state index is 0. The molecule has 1 rings (SSSR count). The van der Waals surface area contributed by atoms with Crippen LogP contribution in [-0.4, -0.2) is 17.1 Å². The number of hydrogen-bond acceptors (Lipinski definition) is 3. The molecule has 0 aliphatic heterocycles. The third-order valence-electron chi connectivity index (χ3n) is 1.68. The van der Waals surface area contributed by atoms with Crippen LogP contribution in [0.3, 0.4) is 0 Å². The largest absolute Gasteiger partial charge is 0.480 e. The van der Waals surface area contributed by atoms with Gasteiger partial charge in [0.2, 0.25) is 0 Å². The first-order valence-electron chi connectivity index (χ1n) is 3.86. The monoisotopic (exact) mass is 233 g/mol. The summed E-state index contributed by atoms with van der Waals surface area (Å²) in [6.45, 7) is 0. The second kappa shape index (κ2) is 5.90. The lowest BCUT2D eigenvalue weighted by molar-refractivity contribution is -0.138. The van der Waals surface area contributed by atoms with Gasteiger partial charge in [0, 0.05) is 4.90 Å². The van der Waals surface area contributed by atoms with Crippen molar-refractivity contribution in [2.24, 2.45) is 5.73 Å². The summed E-state index contributed by atoms with van der Waals surface area (Å²) in [5, 5.41) is 8.57. The normalized spacial score (nSPS) is 11.6. The van der Waals surface area contributed by atoms with E-state index in [2.05, 4.69) is 12.6 Å². The molecule has 0 amide bonds. The molecule has 3 nitrogen and oxygen atoms in total. The summed E-state index contributed by atoms with van der Waals surface area (Å²) in [5.41, 5.74) is 6.27. The van der Waals surface area contributed by atoms with Crippen LogP contribution < -0.4 is 5.73 Å². The molecule has 0 aliphatic carbocycles. The lowest BCUT2D eigenvalue weighted by Crippen LogP contribution is -2.32. The van der Waals surface area contributed by atoms with Crippen molar-refractivity contribution in [3.8, 4) is 0 Å². The lowest BCUT2D eigenvalue weighted by atomic mass is 10.1. The van der Waals surface area contributed by atoms with Gasteiger partial charge in [-0.2, -0.15) is 0 Å². The fraction of sp³-hybridized carbons (Fsp3) is 0.222. The van der Waals surface area contributed by atoms with Crippen molar-refractivity contribution < 1.29 is 9.90 Å². The highest BCUT2D eigenvalue weighted by atomic mass is 35.5. The molecule has 1 atom stereocenters. The Balaban J connectivity index is 0.00000169. The zero-order valence-electron chi connectivity index (χ0n) is 7.38. The van der Waals surface area contributed by atoms with E-state index in [0.29, 0.717) is 6.42 Å². The zero-order valence-corrected chi connectivity index (χ0v) is 9.09. The van der Waals surface area contributed by atoms with E-state index in [-0.39, 0.29) is 12.4 Å². The molecule has 0 heterocycles. The van der Waals surface area contributed by atoms with E-state index >= 15 is 0 Å². The predicted molar refractivity (Wildman–Crippen MR) is 60.3 cm³/mol. The number of benzene rings is 1. The SMILES string of the molecule is Cl.NC(Cc1cccc(S)c1)C(=O)O. The predicted octanol–water partition coefficient (Wildman–Crippen LogP) is 1.35. The van der Waals surface area contributed by atoms with Gasteiger partial charge in [0.05, 0.1) is 0 Å². The van der Waals surface area contributed by atoms with Gasteiger partial charge in [-0.25, -0.2) is 0 Å². The summed E-state index contributed by atoms with van der Waals surface area (Å²) in [7, 11) is 0. The number of carbonyl (C=O) groups is 1. The van der Waals surface area contributed by atoms with E-state index in [1.807, 2.05) is 24.3 Å². The Kier molecular flexibility index (Phi) is 5.60. The molecule has 1 aromatic rings. The summed E-state index contributed by atoms with van der Waals surface area (Å²) in [5.74, 6) is -0.982. The Morgan fingerprint density at radius 2 is 2.21 bits per heavy atom. The fourth-order valence-corrected chi connectivity index (χ4v) is 1.28. The van der Waals surface area contributed by atoms with Crippen molar-refractivity contribution >= 4 is 31.0 Å². The molecule has 0 spiro atoms.